The van der Waals surface area contributed by atoms with Crippen LogP contribution in [0.4, 0.5) is 5.69 Å². The second-order valence-electron chi connectivity index (χ2n) is 4.73. The number of hydrogen-bond donors (Lipinski definition) is 1. The molecule has 0 saturated heterocycles. The molecule has 0 unspecified atom stereocenters. The Morgan fingerprint density at radius 2 is 2.04 bits per heavy atom. The summed E-state index contributed by atoms with van der Waals surface area (Å²) in [6, 6.07) is 8.99. The van der Waals surface area contributed by atoms with Crippen molar-refractivity contribution < 1.29 is 19.2 Å². The van der Waals surface area contributed by atoms with Crippen LogP contribution in [0, 0.1) is 10.1 Å². The molecule has 1 N–H and O–H groups in total. The quantitative estimate of drug-likeness (QED) is 0.520. The number of nitro benzene ring substituents is 1. The van der Waals surface area contributed by atoms with Crippen LogP contribution in [0.3, 0.4) is 0 Å². The zero-order valence-corrected chi connectivity index (χ0v) is 12.8. The van der Waals surface area contributed by atoms with Gasteiger partial charge in [0.15, 0.2) is 11.5 Å². The Bertz CT molecular complexity index is 853. The number of rotatable bonds is 4. The smallest absolute Gasteiger partial charge is 0.282 e. The molecule has 9 heteroatoms. The van der Waals surface area contributed by atoms with Gasteiger partial charge in [-0.2, -0.15) is 5.10 Å². The lowest BCUT2D eigenvalue weighted by molar-refractivity contribution is -0.385. The number of carbonyl (C=O) groups excluding carboxylic acids is 1. The number of nitrogens with one attached hydrogen (secondary N) is 1. The molecular formula is C15H10ClN3O5. The average Bonchev–Trinajstić information content (AvgIpc) is 3.01. The summed E-state index contributed by atoms with van der Waals surface area (Å²) in [5.41, 5.74) is 2.57. The van der Waals surface area contributed by atoms with E-state index in [1.165, 1.54) is 24.4 Å². The van der Waals surface area contributed by atoms with E-state index in [0.717, 1.165) is 0 Å². The molecule has 0 atom stereocenters. The number of hydrogen-bond acceptors (Lipinski definition) is 6. The van der Waals surface area contributed by atoms with Crippen LogP contribution in [0.25, 0.3) is 0 Å². The largest absolute Gasteiger partial charge is 0.454 e. The summed E-state index contributed by atoms with van der Waals surface area (Å²) in [5.74, 6) is 0.183. The fourth-order valence-electron chi connectivity index (χ4n) is 2.06. The van der Waals surface area contributed by atoms with E-state index >= 15 is 0 Å². The lowest BCUT2D eigenvalue weighted by Gasteiger charge is -2.02. The molecular weight excluding hydrogens is 338 g/mol. The molecule has 1 amide bonds. The van der Waals surface area contributed by atoms with E-state index < -0.39 is 10.8 Å². The van der Waals surface area contributed by atoms with Gasteiger partial charge in [0.1, 0.15) is 0 Å². The number of nitro groups is 1. The van der Waals surface area contributed by atoms with E-state index in [2.05, 4.69) is 10.5 Å². The Labute approximate surface area is 140 Å². The minimum atomic E-state index is -0.567. The second-order valence-corrected chi connectivity index (χ2v) is 5.17. The Kier molecular flexibility index (Phi) is 4.30. The molecule has 3 rings (SSSR count). The van der Waals surface area contributed by atoms with Gasteiger partial charge in [-0.3, -0.25) is 14.9 Å². The molecule has 122 valence electrons. The van der Waals surface area contributed by atoms with E-state index in [-0.39, 0.29) is 18.0 Å². The highest BCUT2D eigenvalue weighted by Gasteiger charge is 2.22. The van der Waals surface area contributed by atoms with Gasteiger partial charge in [-0.05, 0) is 24.3 Å². The summed E-state index contributed by atoms with van der Waals surface area (Å²) in [7, 11) is 0. The third-order valence-electron chi connectivity index (χ3n) is 3.18. The van der Waals surface area contributed by atoms with E-state index in [1.807, 2.05) is 0 Å². The highest BCUT2D eigenvalue weighted by Crippen LogP contribution is 2.37. The van der Waals surface area contributed by atoms with Gasteiger partial charge in [-0.1, -0.05) is 17.7 Å². The number of benzene rings is 2. The number of amides is 1. The average molecular weight is 348 g/mol. The molecule has 1 heterocycles. The molecule has 2 aromatic rings. The zero-order valence-electron chi connectivity index (χ0n) is 12.1. The summed E-state index contributed by atoms with van der Waals surface area (Å²) in [6.45, 7) is -0.00140. The van der Waals surface area contributed by atoms with Crippen molar-refractivity contribution in [1.82, 2.24) is 5.43 Å². The third kappa shape index (κ3) is 3.28. The standard InChI is InChI=1S/C15H10ClN3O5/c16-11-3-1-2-9(4-11)15(20)18-17-7-10-5-13-14(24-8-23-13)6-12(10)19(21)22/h1-7H,8H2,(H,18,20). The Hall–Kier alpha value is -3.13. The number of halogens is 1. The number of carbonyl (C=O) groups is 1. The van der Waals surface area contributed by atoms with Gasteiger partial charge >= 0.3 is 0 Å². The predicted molar refractivity (Wildman–Crippen MR) is 85.7 cm³/mol. The molecule has 0 radical (unpaired) electrons. The minimum Gasteiger partial charge on any atom is -0.454 e. The van der Waals surface area contributed by atoms with Crippen molar-refractivity contribution in [2.24, 2.45) is 5.10 Å². The molecule has 0 saturated carbocycles. The lowest BCUT2D eigenvalue weighted by Crippen LogP contribution is -2.17. The van der Waals surface area contributed by atoms with Gasteiger partial charge in [0.05, 0.1) is 22.8 Å². The number of fused-ring (bicyclic) bond motifs is 1. The number of hydrazone groups is 1. The van der Waals surface area contributed by atoms with Crippen molar-refractivity contribution >= 4 is 29.4 Å². The SMILES string of the molecule is O=C(NN=Cc1cc2c(cc1[N+](=O)[O-])OCO2)c1cccc(Cl)c1. The lowest BCUT2D eigenvalue weighted by atomic mass is 10.1. The van der Waals surface area contributed by atoms with Crippen molar-refractivity contribution in [3.63, 3.8) is 0 Å². The van der Waals surface area contributed by atoms with Gasteiger partial charge in [-0.15, -0.1) is 0 Å². The van der Waals surface area contributed by atoms with Crippen molar-refractivity contribution in [2.45, 2.75) is 0 Å². The van der Waals surface area contributed by atoms with E-state index in [1.54, 1.807) is 18.2 Å². The first-order valence-electron chi connectivity index (χ1n) is 6.71. The fraction of sp³-hybridized carbons (Fsp3) is 0.0667. The second kappa shape index (κ2) is 6.55. The van der Waals surface area contributed by atoms with Crippen molar-refractivity contribution in [3.8, 4) is 11.5 Å². The van der Waals surface area contributed by atoms with Crippen LogP contribution >= 0.6 is 11.6 Å². The topological polar surface area (TPSA) is 103 Å². The fourth-order valence-corrected chi connectivity index (χ4v) is 2.25. The molecule has 1 aliphatic heterocycles. The van der Waals surface area contributed by atoms with Crippen LogP contribution in [-0.4, -0.2) is 23.8 Å². The summed E-state index contributed by atoms with van der Waals surface area (Å²) in [6.07, 6.45) is 1.17. The van der Waals surface area contributed by atoms with E-state index in [4.69, 9.17) is 21.1 Å². The third-order valence-corrected chi connectivity index (χ3v) is 3.41. The van der Waals surface area contributed by atoms with Crippen molar-refractivity contribution in [2.75, 3.05) is 6.79 Å². The maximum Gasteiger partial charge on any atom is 0.282 e. The molecule has 1 aliphatic rings. The van der Waals surface area contributed by atoms with E-state index in [9.17, 15) is 14.9 Å². The summed E-state index contributed by atoms with van der Waals surface area (Å²) in [5, 5.41) is 15.3. The van der Waals surface area contributed by atoms with Crippen LogP contribution in [-0.2, 0) is 0 Å². The van der Waals surface area contributed by atoms with Gasteiger partial charge in [0, 0.05) is 10.6 Å². The highest BCUT2D eigenvalue weighted by molar-refractivity contribution is 6.30. The highest BCUT2D eigenvalue weighted by atomic mass is 35.5. The Morgan fingerprint density at radius 3 is 2.75 bits per heavy atom. The van der Waals surface area contributed by atoms with Gasteiger partial charge in [0.25, 0.3) is 11.6 Å². The van der Waals surface area contributed by atoms with Crippen molar-refractivity contribution in [3.05, 3.63) is 62.7 Å². The molecule has 8 nitrogen and oxygen atoms in total. The van der Waals surface area contributed by atoms with Crippen LogP contribution in [0.1, 0.15) is 15.9 Å². The first-order chi connectivity index (χ1) is 11.5. The monoisotopic (exact) mass is 347 g/mol. The van der Waals surface area contributed by atoms with E-state index in [0.29, 0.717) is 22.1 Å². The Balaban J connectivity index is 1.79. The van der Waals surface area contributed by atoms with Gasteiger partial charge in [0.2, 0.25) is 6.79 Å². The summed E-state index contributed by atoms with van der Waals surface area (Å²) in [4.78, 5) is 22.5. The first-order valence-corrected chi connectivity index (χ1v) is 7.09. The van der Waals surface area contributed by atoms with Crippen LogP contribution in [0.5, 0.6) is 11.5 Å². The minimum absolute atomic E-state index is 0.00140. The maximum atomic E-state index is 11.9. The number of ether oxygens (including phenoxy) is 2. The summed E-state index contributed by atoms with van der Waals surface area (Å²) >= 11 is 5.81. The summed E-state index contributed by atoms with van der Waals surface area (Å²) < 4.78 is 10.3. The zero-order chi connectivity index (χ0) is 17.1. The van der Waals surface area contributed by atoms with Crippen LogP contribution in [0.15, 0.2) is 41.5 Å². The molecule has 0 aliphatic carbocycles. The molecule has 0 fully saturated rings. The molecule has 0 spiro atoms. The molecule has 2 aromatic carbocycles. The first kappa shape index (κ1) is 15.8. The van der Waals surface area contributed by atoms with Gasteiger partial charge in [-0.25, -0.2) is 5.43 Å². The Morgan fingerprint density at radius 1 is 1.29 bits per heavy atom. The molecule has 0 bridgehead atoms. The normalized spacial score (nSPS) is 12.4. The molecule has 0 aromatic heterocycles. The van der Waals surface area contributed by atoms with Gasteiger partial charge < -0.3 is 9.47 Å². The number of nitrogens with zero attached hydrogens (tertiary/aromatic N) is 2. The maximum absolute atomic E-state index is 11.9. The van der Waals surface area contributed by atoms with Crippen LogP contribution < -0.4 is 14.9 Å². The van der Waals surface area contributed by atoms with Crippen LogP contribution in [0.2, 0.25) is 5.02 Å². The van der Waals surface area contributed by atoms with Crippen molar-refractivity contribution in [1.29, 1.82) is 0 Å². The molecule has 24 heavy (non-hydrogen) atoms. The predicted octanol–water partition coefficient (Wildman–Crippen LogP) is 2.74.